The molecule has 1 amide bonds. The number of nitrogens with one attached hydrogen (secondary N) is 1. The summed E-state index contributed by atoms with van der Waals surface area (Å²) in [6.45, 7) is -0.285. The van der Waals surface area contributed by atoms with Crippen LogP contribution in [0.1, 0.15) is 31.2 Å². The van der Waals surface area contributed by atoms with Gasteiger partial charge in [0.1, 0.15) is 6.54 Å². The molecule has 0 aromatic heterocycles. The van der Waals surface area contributed by atoms with Gasteiger partial charge >= 0.3 is 5.97 Å². The second-order valence-electron chi connectivity index (χ2n) is 6.48. The molecule has 0 spiro atoms. The summed E-state index contributed by atoms with van der Waals surface area (Å²) < 4.78 is 0. The molecule has 3 rings (SSSR count). The van der Waals surface area contributed by atoms with Crippen molar-refractivity contribution in [2.45, 2.75) is 32.1 Å². The van der Waals surface area contributed by atoms with Crippen LogP contribution in [0.3, 0.4) is 0 Å². The Bertz CT molecular complexity index is 542. The van der Waals surface area contributed by atoms with Crippen molar-refractivity contribution in [3.8, 4) is 0 Å². The predicted octanol–water partition coefficient (Wildman–Crippen LogP) is 2.24. The molecule has 112 valence electrons. The van der Waals surface area contributed by atoms with Crippen LogP contribution in [-0.4, -0.2) is 23.5 Å². The van der Waals surface area contributed by atoms with Crippen molar-refractivity contribution in [2.75, 3.05) is 6.54 Å². The van der Waals surface area contributed by atoms with Crippen molar-refractivity contribution in [2.24, 2.45) is 17.3 Å². The van der Waals surface area contributed by atoms with Crippen LogP contribution in [-0.2, 0) is 16.0 Å². The van der Waals surface area contributed by atoms with E-state index in [1.165, 1.54) is 6.42 Å². The summed E-state index contributed by atoms with van der Waals surface area (Å²) in [6, 6.07) is 10.1. The zero-order valence-corrected chi connectivity index (χ0v) is 12.0. The quantitative estimate of drug-likeness (QED) is 0.872. The standard InChI is InChI=1S/C17H21NO3/c19-15(20)11-18-16(21)17(9-12-4-2-1-3-5-12)10-13-6-7-14(17)8-13/h1-5,13-14H,6-11H2,(H,18,21)(H,19,20). The van der Waals surface area contributed by atoms with Gasteiger partial charge in [0, 0.05) is 0 Å². The molecule has 2 bridgehead atoms. The fourth-order valence-corrected chi connectivity index (χ4v) is 4.31. The topological polar surface area (TPSA) is 66.4 Å². The molecule has 4 nitrogen and oxygen atoms in total. The maximum Gasteiger partial charge on any atom is 0.322 e. The van der Waals surface area contributed by atoms with Crippen molar-refractivity contribution in [3.05, 3.63) is 35.9 Å². The summed E-state index contributed by atoms with van der Waals surface area (Å²) in [4.78, 5) is 23.4. The molecule has 0 saturated heterocycles. The van der Waals surface area contributed by atoms with Crippen LogP contribution < -0.4 is 5.32 Å². The van der Waals surface area contributed by atoms with Crippen molar-refractivity contribution in [1.82, 2.24) is 5.32 Å². The Hall–Kier alpha value is -1.84. The molecule has 3 unspecified atom stereocenters. The maximum absolute atomic E-state index is 12.7. The van der Waals surface area contributed by atoms with Gasteiger partial charge in [-0.15, -0.1) is 0 Å². The van der Waals surface area contributed by atoms with Gasteiger partial charge in [-0.05, 0) is 43.1 Å². The van der Waals surface area contributed by atoms with Crippen LogP contribution in [0.4, 0.5) is 0 Å². The van der Waals surface area contributed by atoms with Gasteiger partial charge in [-0.2, -0.15) is 0 Å². The lowest BCUT2D eigenvalue weighted by molar-refractivity contribution is -0.141. The Morgan fingerprint density at radius 3 is 2.57 bits per heavy atom. The second kappa shape index (κ2) is 5.51. The monoisotopic (exact) mass is 287 g/mol. The summed E-state index contributed by atoms with van der Waals surface area (Å²) in [5, 5.41) is 11.4. The Balaban J connectivity index is 1.82. The smallest absolute Gasteiger partial charge is 0.322 e. The Morgan fingerprint density at radius 2 is 2.00 bits per heavy atom. The fourth-order valence-electron chi connectivity index (χ4n) is 4.31. The molecule has 2 saturated carbocycles. The molecular formula is C17H21NO3. The molecule has 1 aromatic carbocycles. The normalized spacial score (nSPS) is 30.3. The number of rotatable bonds is 5. The average molecular weight is 287 g/mol. The van der Waals surface area contributed by atoms with Crippen LogP contribution in [0.2, 0.25) is 0 Å². The lowest BCUT2D eigenvalue weighted by atomic mass is 9.68. The van der Waals surface area contributed by atoms with E-state index >= 15 is 0 Å². The zero-order chi connectivity index (χ0) is 14.9. The van der Waals surface area contributed by atoms with Gasteiger partial charge in [-0.3, -0.25) is 9.59 Å². The highest BCUT2D eigenvalue weighted by molar-refractivity contribution is 5.87. The zero-order valence-electron chi connectivity index (χ0n) is 12.0. The molecule has 3 atom stereocenters. The van der Waals surface area contributed by atoms with Gasteiger partial charge in [-0.25, -0.2) is 0 Å². The van der Waals surface area contributed by atoms with Crippen molar-refractivity contribution in [3.63, 3.8) is 0 Å². The van der Waals surface area contributed by atoms with Crippen LogP contribution in [0.25, 0.3) is 0 Å². The number of carboxylic acid groups (broad SMARTS) is 1. The van der Waals surface area contributed by atoms with Gasteiger partial charge in [0.2, 0.25) is 5.91 Å². The van der Waals surface area contributed by atoms with Gasteiger partial charge in [0.05, 0.1) is 5.41 Å². The van der Waals surface area contributed by atoms with E-state index in [0.29, 0.717) is 11.8 Å². The van der Waals surface area contributed by atoms with E-state index in [2.05, 4.69) is 17.4 Å². The third-order valence-electron chi connectivity index (χ3n) is 5.19. The highest BCUT2D eigenvalue weighted by Gasteiger charge is 2.55. The number of carboxylic acids is 1. The minimum atomic E-state index is -0.985. The molecular weight excluding hydrogens is 266 g/mol. The Morgan fingerprint density at radius 1 is 1.24 bits per heavy atom. The van der Waals surface area contributed by atoms with Gasteiger partial charge in [0.25, 0.3) is 0 Å². The van der Waals surface area contributed by atoms with E-state index in [0.717, 1.165) is 31.2 Å². The highest BCUT2D eigenvalue weighted by Crippen LogP contribution is 2.57. The second-order valence-corrected chi connectivity index (χ2v) is 6.48. The lowest BCUT2D eigenvalue weighted by Crippen LogP contribution is -2.47. The highest BCUT2D eigenvalue weighted by atomic mass is 16.4. The van der Waals surface area contributed by atoms with Crippen LogP contribution in [0, 0.1) is 17.3 Å². The molecule has 2 fully saturated rings. The number of benzene rings is 1. The van der Waals surface area contributed by atoms with E-state index in [4.69, 9.17) is 5.11 Å². The SMILES string of the molecule is O=C(O)CNC(=O)C1(Cc2ccccc2)CC2CCC1C2. The number of aliphatic carboxylic acids is 1. The van der Waals surface area contributed by atoms with E-state index in [9.17, 15) is 9.59 Å². The van der Waals surface area contributed by atoms with Gasteiger partial charge in [-0.1, -0.05) is 36.8 Å². The minimum Gasteiger partial charge on any atom is -0.480 e. The Kier molecular flexibility index (Phi) is 3.70. The number of carbonyl (C=O) groups is 2. The van der Waals surface area contributed by atoms with Gasteiger partial charge in [0.15, 0.2) is 0 Å². The van der Waals surface area contributed by atoms with Gasteiger partial charge < -0.3 is 10.4 Å². The number of hydrogen-bond acceptors (Lipinski definition) is 2. The van der Waals surface area contributed by atoms with E-state index in [1.807, 2.05) is 18.2 Å². The first kappa shape index (κ1) is 14.1. The first-order valence-corrected chi connectivity index (χ1v) is 7.64. The number of hydrogen-bond donors (Lipinski definition) is 2. The molecule has 0 aliphatic heterocycles. The molecule has 4 heteroatoms. The van der Waals surface area contributed by atoms with Crippen LogP contribution >= 0.6 is 0 Å². The molecule has 1 aromatic rings. The molecule has 2 N–H and O–H groups in total. The number of fused-ring (bicyclic) bond motifs is 2. The third-order valence-corrected chi connectivity index (χ3v) is 5.19. The fraction of sp³-hybridized carbons (Fsp3) is 0.529. The van der Waals surface area contributed by atoms with E-state index < -0.39 is 11.4 Å². The summed E-state index contributed by atoms with van der Waals surface area (Å²) in [6.07, 6.45) is 5.05. The summed E-state index contributed by atoms with van der Waals surface area (Å²) in [5.74, 6) is -0.0203. The third kappa shape index (κ3) is 2.67. The molecule has 0 heterocycles. The van der Waals surface area contributed by atoms with Crippen molar-refractivity contribution >= 4 is 11.9 Å². The molecule has 21 heavy (non-hydrogen) atoms. The summed E-state index contributed by atoms with van der Waals surface area (Å²) >= 11 is 0. The van der Waals surface area contributed by atoms with Crippen molar-refractivity contribution in [1.29, 1.82) is 0 Å². The average Bonchev–Trinajstić information content (AvgIpc) is 3.07. The lowest BCUT2D eigenvalue weighted by Gasteiger charge is -2.36. The maximum atomic E-state index is 12.7. The van der Waals surface area contributed by atoms with Crippen LogP contribution in [0.15, 0.2) is 30.3 Å². The molecule has 2 aliphatic rings. The Labute approximate surface area is 124 Å². The molecule has 2 aliphatic carbocycles. The predicted molar refractivity (Wildman–Crippen MR) is 78.7 cm³/mol. The van der Waals surface area contributed by atoms with Crippen LogP contribution in [0.5, 0.6) is 0 Å². The number of amides is 1. The van der Waals surface area contributed by atoms with Crippen molar-refractivity contribution < 1.29 is 14.7 Å². The van der Waals surface area contributed by atoms with E-state index in [-0.39, 0.29) is 12.5 Å². The first-order valence-electron chi connectivity index (χ1n) is 7.64. The summed E-state index contributed by atoms with van der Waals surface area (Å²) in [7, 11) is 0. The number of carbonyl (C=O) groups excluding carboxylic acids is 1. The first-order chi connectivity index (χ1) is 10.1. The van der Waals surface area contributed by atoms with E-state index in [1.54, 1.807) is 0 Å². The largest absolute Gasteiger partial charge is 0.480 e. The minimum absolute atomic E-state index is 0.0686. The molecule has 0 radical (unpaired) electrons. The summed E-state index contributed by atoms with van der Waals surface area (Å²) in [5.41, 5.74) is 0.759.